The lowest BCUT2D eigenvalue weighted by atomic mass is 10.1. The highest BCUT2D eigenvalue weighted by molar-refractivity contribution is 5.32. The summed E-state index contributed by atoms with van der Waals surface area (Å²) in [6.07, 6.45) is 0.680. The molecule has 1 aromatic carbocycles. The molecule has 1 atom stereocenters. The van der Waals surface area contributed by atoms with Gasteiger partial charge in [-0.1, -0.05) is 11.2 Å². The van der Waals surface area contributed by atoms with Gasteiger partial charge in [-0.2, -0.15) is 4.98 Å². The number of nitrogens with zero attached hydrogens (tertiary/aromatic N) is 2. The largest absolute Gasteiger partial charge is 0.491 e. The van der Waals surface area contributed by atoms with Crippen molar-refractivity contribution >= 4 is 0 Å². The minimum atomic E-state index is -0.595. The Morgan fingerprint density at radius 1 is 1.30 bits per heavy atom. The Morgan fingerprint density at radius 3 is 2.70 bits per heavy atom. The standard InChI is InChI=1S/C14H19N3O3/c1-10-3-11(2)5-13(4-10)19-8-12(18)6-15-7-14-16-9-20-17-14/h3-5,9,12,15,18H,6-8H2,1-2H3. The number of ether oxygens (including phenoxy) is 1. The van der Waals surface area contributed by atoms with Crippen LogP contribution in [0.25, 0.3) is 0 Å². The van der Waals surface area contributed by atoms with Crippen molar-refractivity contribution in [1.82, 2.24) is 15.5 Å². The lowest BCUT2D eigenvalue weighted by Crippen LogP contribution is -2.31. The lowest BCUT2D eigenvalue weighted by molar-refractivity contribution is 0.106. The summed E-state index contributed by atoms with van der Waals surface area (Å²) in [5.74, 6) is 1.34. The molecule has 0 spiro atoms. The first kappa shape index (κ1) is 14.5. The summed E-state index contributed by atoms with van der Waals surface area (Å²) in [5.41, 5.74) is 2.29. The van der Waals surface area contributed by atoms with Crippen LogP contribution in [0, 0.1) is 13.8 Å². The normalized spacial score (nSPS) is 12.3. The zero-order valence-electron chi connectivity index (χ0n) is 11.7. The van der Waals surface area contributed by atoms with Crippen LogP contribution < -0.4 is 10.1 Å². The van der Waals surface area contributed by atoms with Gasteiger partial charge in [-0.3, -0.25) is 0 Å². The molecule has 1 unspecified atom stereocenters. The Kier molecular flexibility index (Phi) is 5.09. The van der Waals surface area contributed by atoms with E-state index in [-0.39, 0.29) is 6.61 Å². The average Bonchev–Trinajstić information content (AvgIpc) is 2.88. The molecule has 0 amide bonds. The molecule has 6 heteroatoms. The molecule has 2 aromatic rings. The quantitative estimate of drug-likeness (QED) is 0.792. The molecule has 0 aliphatic heterocycles. The predicted octanol–water partition coefficient (Wildman–Crippen LogP) is 1.22. The molecule has 6 nitrogen and oxygen atoms in total. The van der Waals surface area contributed by atoms with Gasteiger partial charge in [0.05, 0.1) is 6.54 Å². The van der Waals surface area contributed by atoms with Crippen LogP contribution in [0.5, 0.6) is 5.75 Å². The average molecular weight is 277 g/mol. The highest BCUT2D eigenvalue weighted by atomic mass is 16.5. The summed E-state index contributed by atoms with van der Waals surface area (Å²) in [7, 11) is 0. The van der Waals surface area contributed by atoms with E-state index in [1.807, 2.05) is 26.0 Å². The van der Waals surface area contributed by atoms with Crippen LogP contribution in [-0.2, 0) is 6.54 Å². The Morgan fingerprint density at radius 2 is 2.05 bits per heavy atom. The maximum Gasteiger partial charge on any atom is 0.213 e. The van der Waals surface area contributed by atoms with Crippen molar-refractivity contribution < 1.29 is 14.4 Å². The summed E-state index contributed by atoms with van der Waals surface area (Å²) < 4.78 is 10.2. The molecule has 108 valence electrons. The Balaban J connectivity index is 1.70. The number of nitrogens with one attached hydrogen (secondary N) is 1. The van der Waals surface area contributed by atoms with Gasteiger partial charge in [0.1, 0.15) is 18.5 Å². The molecule has 2 rings (SSSR count). The van der Waals surface area contributed by atoms with Gasteiger partial charge in [0.2, 0.25) is 6.39 Å². The first-order chi connectivity index (χ1) is 9.63. The Hall–Kier alpha value is -1.92. The number of aliphatic hydroxyl groups excluding tert-OH is 1. The number of aromatic nitrogens is 2. The molecule has 0 radical (unpaired) electrons. The van der Waals surface area contributed by atoms with Gasteiger partial charge in [-0.15, -0.1) is 0 Å². The second kappa shape index (κ2) is 7.02. The van der Waals surface area contributed by atoms with Gasteiger partial charge in [-0.25, -0.2) is 0 Å². The van der Waals surface area contributed by atoms with E-state index in [0.29, 0.717) is 18.9 Å². The van der Waals surface area contributed by atoms with Crippen LogP contribution in [0.4, 0.5) is 0 Å². The van der Waals surface area contributed by atoms with Crippen molar-refractivity contribution in [3.63, 3.8) is 0 Å². The molecule has 0 fully saturated rings. The maximum absolute atomic E-state index is 9.83. The van der Waals surface area contributed by atoms with E-state index in [4.69, 9.17) is 4.74 Å². The molecule has 1 heterocycles. The van der Waals surface area contributed by atoms with Crippen molar-refractivity contribution in [2.45, 2.75) is 26.5 Å². The van der Waals surface area contributed by atoms with E-state index < -0.39 is 6.10 Å². The molecule has 20 heavy (non-hydrogen) atoms. The highest BCUT2D eigenvalue weighted by Gasteiger charge is 2.06. The lowest BCUT2D eigenvalue weighted by Gasteiger charge is -2.13. The van der Waals surface area contributed by atoms with Crippen LogP contribution in [0.3, 0.4) is 0 Å². The summed E-state index contributed by atoms with van der Waals surface area (Å²) in [6, 6.07) is 5.98. The fraction of sp³-hybridized carbons (Fsp3) is 0.429. The fourth-order valence-electron chi connectivity index (χ4n) is 1.89. The van der Waals surface area contributed by atoms with Crippen molar-refractivity contribution in [2.24, 2.45) is 0 Å². The van der Waals surface area contributed by atoms with Crippen molar-refractivity contribution in [1.29, 1.82) is 0 Å². The van der Waals surface area contributed by atoms with Crippen molar-refractivity contribution in [2.75, 3.05) is 13.2 Å². The van der Waals surface area contributed by atoms with Crippen LogP contribution in [0.2, 0.25) is 0 Å². The predicted molar refractivity (Wildman–Crippen MR) is 73.4 cm³/mol. The van der Waals surface area contributed by atoms with Crippen molar-refractivity contribution in [3.8, 4) is 5.75 Å². The number of aryl methyl sites for hydroxylation is 2. The fourth-order valence-corrected chi connectivity index (χ4v) is 1.89. The van der Waals surface area contributed by atoms with Crippen LogP contribution in [0.1, 0.15) is 17.0 Å². The summed E-state index contributed by atoms with van der Waals surface area (Å²) in [6.45, 7) is 5.13. The zero-order chi connectivity index (χ0) is 14.4. The number of hydrogen-bond donors (Lipinski definition) is 2. The Bertz CT molecular complexity index is 508. The number of hydrogen-bond acceptors (Lipinski definition) is 6. The maximum atomic E-state index is 9.83. The van der Waals surface area contributed by atoms with E-state index in [1.165, 1.54) is 6.39 Å². The van der Waals surface area contributed by atoms with Crippen LogP contribution >= 0.6 is 0 Å². The summed E-state index contributed by atoms with van der Waals surface area (Å²) in [4.78, 5) is 3.87. The zero-order valence-corrected chi connectivity index (χ0v) is 11.7. The van der Waals surface area contributed by atoms with E-state index >= 15 is 0 Å². The second-order valence-corrected chi connectivity index (χ2v) is 4.77. The molecule has 0 bridgehead atoms. The smallest absolute Gasteiger partial charge is 0.213 e. The minimum Gasteiger partial charge on any atom is -0.491 e. The van der Waals surface area contributed by atoms with E-state index in [9.17, 15) is 5.11 Å². The number of aliphatic hydroxyl groups is 1. The first-order valence-corrected chi connectivity index (χ1v) is 6.48. The number of benzene rings is 1. The first-order valence-electron chi connectivity index (χ1n) is 6.48. The van der Waals surface area contributed by atoms with Gasteiger partial charge < -0.3 is 19.7 Å². The molecular formula is C14H19N3O3. The van der Waals surface area contributed by atoms with E-state index in [0.717, 1.165) is 16.9 Å². The molecular weight excluding hydrogens is 258 g/mol. The molecule has 0 saturated heterocycles. The van der Waals surface area contributed by atoms with Crippen LogP contribution in [0.15, 0.2) is 29.1 Å². The van der Waals surface area contributed by atoms with Gasteiger partial charge in [0.25, 0.3) is 0 Å². The third-order valence-corrected chi connectivity index (χ3v) is 2.71. The van der Waals surface area contributed by atoms with Gasteiger partial charge in [-0.05, 0) is 37.1 Å². The second-order valence-electron chi connectivity index (χ2n) is 4.77. The van der Waals surface area contributed by atoms with E-state index in [1.54, 1.807) is 0 Å². The summed E-state index contributed by atoms with van der Waals surface area (Å²) >= 11 is 0. The number of rotatable bonds is 7. The molecule has 0 aliphatic rings. The highest BCUT2D eigenvalue weighted by Crippen LogP contribution is 2.16. The van der Waals surface area contributed by atoms with E-state index in [2.05, 4.69) is 26.0 Å². The van der Waals surface area contributed by atoms with Crippen LogP contribution in [-0.4, -0.2) is 34.5 Å². The third kappa shape index (κ3) is 4.64. The summed E-state index contributed by atoms with van der Waals surface area (Å²) in [5, 5.41) is 16.5. The molecule has 0 aliphatic carbocycles. The topological polar surface area (TPSA) is 80.4 Å². The Labute approximate surface area is 117 Å². The van der Waals surface area contributed by atoms with Gasteiger partial charge >= 0.3 is 0 Å². The van der Waals surface area contributed by atoms with Gasteiger partial charge in [0.15, 0.2) is 5.82 Å². The molecule has 0 saturated carbocycles. The monoisotopic (exact) mass is 277 g/mol. The molecule has 2 N–H and O–H groups in total. The van der Waals surface area contributed by atoms with Crippen molar-refractivity contribution in [3.05, 3.63) is 41.5 Å². The third-order valence-electron chi connectivity index (χ3n) is 2.71. The molecule has 1 aromatic heterocycles. The minimum absolute atomic E-state index is 0.238. The van der Waals surface area contributed by atoms with Gasteiger partial charge in [0, 0.05) is 6.54 Å². The SMILES string of the molecule is Cc1cc(C)cc(OCC(O)CNCc2ncon2)c1.